The number of rotatable bonds is 2. The van der Waals surface area contributed by atoms with Gasteiger partial charge in [0.25, 0.3) is 0 Å². The summed E-state index contributed by atoms with van der Waals surface area (Å²) in [5.74, 6) is -0.822. The first-order valence-electron chi connectivity index (χ1n) is 2.43. The molecule has 0 atom stereocenters. The number of nitrogens with one attached hydrogen (secondary N) is 1. The second kappa shape index (κ2) is 3.24. The predicted octanol–water partition coefficient (Wildman–Crippen LogP) is 0.851. The molecule has 0 heterocycles. The summed E-state index contributed by atoms with van der Waals surface area (Å²) < 4.78 is 33.9. The molecule has 10 heavy (non-hydrogen) atoms. The molecule has 0 radical (unpaired) electrons. The summed E-state index contributed by atoms with van der Waals surface area (Å²) in [6.45, 7) is 1.67. The number of carbonyl (C=O) groups is 1. The van der Waals surface area contributed by atoms with Gasteiger partial charge in [-0.05, 0) is 6.08 Å². The molecule has 1 amide bonds. The summed E-state index contributed by atoms with van der Waals surface area (Å²) >= 11 is 0. The summed E-state index contributed by atoms with van der Waals surface area (Å²) in [5, 5.41) is 1.59. The lowest BCUT2D eigenvalue weighted by atomic mass is 10.5. The average molecular weight is 153 g/mol. The van der Waals surface area contributed by atoms with Crippen LogP contribution in [0, 0.1) is 0 Å². The third kappa shape index (κ3) is 5.14. The fraction of sp³-hybridized carbons (Fsp3) is 0.400. The maximum Gasteiger partial charge on any atom is 0.405 e. The Bertz CT molecular complexity index is 140. The van der Waals surface area contributed by atoms with Crippen LogP contribution in [0.2, 0.25) is 0 Å². The van der Waals surface area contributed by atoms with Crippen LogP contribution in [-0.2, 0) is 4.79 Å². The molecule has 0 spiro atoms. The molecule has 0 aromatic rings. The Hall–Kier alpha value is -1.00. The van der Waals surface area contributed by atoms with E-state index in [-0.39, 0.29) is 0 Å². The molecule has 0 aliphatic rings. The first-order valence-corrected chi connectivity index (χ1v) is 2.43. The SMILES string of the molecule is C=CC(=O)NCC(F)(F)F. The minimum atomic E-state index is -4.35. The van der Waals surface area contributed by atoms with Gasteiger partial charge in [0.2, 0.25) is 5.91 Å². The van der Waals surface area contributed by atoms with Crippen LogP contribution in [0.1, 0.15) is 0 Å². The molecule has 0 bridgehead atoms. The lowest BCUT2D eigenvalue weighted by Gasteiger charge is -2.04. The van der Waals surface area contributed by atoms with Gasteiger partial charge >= 0.3 is 6.18 Å². The van der Waals surface area contributed by atoms with Gasteiger partial charge in [-0.1, -0.05) is 6.58 Å². The highest BCUT2D eigenvalue weighted by Crippen LogP contribution is 2.11. The Balaban J connectivity index is 3.55. The summed E-state index contributed by atoms with van der Waals surface area (Å²) in [4.78, 5) is 10.1. The van der Waals surface area contributed by atoms with E-state index in [4.69, 9.17) is 0 Å². The van der Waals surface area contributed by atoms with Crippen molar-refractivity contribution in [1.29, 1.82) is 0 Å². The van der Waals surface area contributed by atoms with Crippen molar-refractivity contribution in [2.75, 3.05) is 6.54 Å². The zero-order chi connectivity index (χ0) is 8.20. The van der Waals surface area contributed by atoms with E-state index in [1.807, 2.05) is 0 Å². The number of carbonyl (C=O) groups excluding carboxylic acids is 1. The van der Waals surface area contributed by atoms with E-state index >= 15 is 0 Å². The van der Waals surface area contributed by atoms with Crippen molar-refractivity contribution in [3.8, 4) is 0 Å². The number of hydrogen-bond donors (Lipinski definition) is 1. The van der Waals surface area contributed by atoms with Crippen molar-refractivity contribution in [3.05, 3.63) is 12.7 Å². The molecule has 2 nitrogen and oxygen atoms in total. The van der Waals surface area contributed by atoms with Crippen molar-refractivity contribution < 1.29 is 18.0 Å². The van der Waals surface area contributed by atoms with E-state index in [1.165, 1.54) is 0 Å². The summed E-state index contributed by atoms with van der Waals surface area (Å²) in [7, 11) is 0. The molecule has 0 saturated carbocycles. The van der Waals surface area contributed by atoms with Gasteiger partial charge in [0.1, 0.15) is 6.54 Å². The molecule has 0 unspecified atom stereocenters. The van der Waals surface area contributed by atoms with Gasteiger partial charge in [0.05, 0.1) is 0 Å². The van der Waals surface area contributed by atoms with Gasteiger partial charge in [-0.15, -0.1) is 0 Å². The Kier molecular flexibility index (Phi) is 2.92. The molecule has 0 saturated heterocycles. The predicted molar refractivity (Wildman–Crippen MR) is 29.3 cm³/mol. The fourth-order valence-corrected chi connectivity index (χ4v) is 0.260. The molecule has 0 rings (SSSR count). The number of hydrogen-bond acceptors (Lipinski definition) is 1. The maximum absolute atomic E-state index is 11.3. The van der Waals surface area contributed by atoms with E-state index in [0.717, 1.165) is 6.08 Å². The Morgan fingerprint density at radius 3 is 2.40 bits per heavy atom. The lowest BCUT2D eigenvalue weighted by molar-refractivity contribution is -0.135. The zero-order valence-electron chi connectivity index (χ0n) is 5.03. The van der Waals surface area contributed by atoms with E-state index in [1.54, 1.807) is 5.32 Å². The molecule has 1 N–H and O–H groups in total. The number of alkyl halides is 3. The Labute approximate surface area is 55.7 Å². The highest BCUT2D eigenvalue weighted by molar-refractivity contribution is 5.86. The minimum Gasteiger partial charge on any atom is -0.343 e. The van der Waals surface area contributed by atoms with Crippen molar-refractivity contribution >= 4 is 5.91 Å². The zero-order valence-corrected chi connectivity index (χ0v) is 5.03. The van der Waals surface area contributed by atoms with Crippen molar-refractivity contribution in [2.24, 2.45) is 0 Å². The molecule has 0 aromatic carbocycles. The van der Waals surface area contributed by atoms with Gasteiger partial charge in [-0.3, -0.25) is 4.79 Å². The van der Waals surface area contributed by atoms with Crippen LogP contribution >= 0.6 is 0 Å². The molecular formula is C5H6F3NO. The van der Waals surface area contributed by atoms with Crippen LogP contribution in [-0.4, -0.2) is 18.6 Å². The van der Waals surface area contributed by atoms with Gasteiger partial charge < -0.3 is 5.32 Å². The van der Waals surface area contributed by atoms with Gasteiger partial charge in [0, 0.05) is 0 Å². The summed E-state index contributed by atoms with van der Waals surface area (Å²) in [6, 6.07) is 0. The average Bonchev–Trinajstić information content (AvgIpc) is 1.81. The Morgan fingerprint density at radius 1 is 1.60 bits per heavy atom. The van der Waals surface area contributed by atoms with Crippen LogP contribution in [0.3, 0.4) is 0 Å². The lowest BCUT2D eigenvalue weighted by Crippen LogP contribution is -2.32. The van der Waals surface area contributed by atoms with Crippen molar-refractivity contribution in [2.45, 2.75) is 6.18 Å². The normalized spacial score (nSPS) is 10.7. The van der Waals surface area contributed by atoms with E-state index in [0.29, 0.717) is 0 Å². The third-order valence-electron chi connectivity index (χ3n) is 0.648. The maximum atomic E-state index is 11.3. The van der Waals surface area contributed by atoms with E-state index in [9.17, 15) is 18.0 Å². The van der Waals surface area contributed by atoms with Crippen LogP contribution in [0.5, 0.6) is 0 Å². The smallest absolute Gasteiger partial charge is 0.343 e. The van der Waals surface area contributed by atoms with Crippen LogP contribution in [0.25, 0.3) is 0 Å². The van der Waals surface area contributed by atoms with Crippen molar-refractivity contribution in [1.82, 2.24) is 5.32 Å². The van der Waals surface area contributed by atoms with Crippen LogP contribution < -0.4 is 5.32 Å². The largest absolute Gasteiger partial charge is 0.405 e. The van der Waals surface area contributed by atoms with Crippen LogP contribution in [0.4, 0.5) is 13.2 Å². The minimum absolute atomic E-state index is 0.783. The second-order valence-corrected chi connectivity index (χ2v) is 1.54. The standard InChI is InChI=1S/C5H6F3NO/c1-2-4(10)9-3-5(6,7)8/h2H,1,3H2,(H,9,10). The van der Waals surface area contributed by atoms with E-state index in [2.05, 4.69) is 6.58 Å². The van der Waals surface area contributed by atoms with Crippen molar-refractivity contribution in [3.63, 3.8) is 0 Å². The van der Waals surface area contributed by atoms with Gasteiger partial charge in [-0.2, -0.15) is 13.2 Å². The fourth-order valence-electron chi connectivity index (χ4n) is 0.260. The molecule has 0 aromatic heterocycles. The molecule has 0 fully saturated rings. The highest BCUT2D eigenvalue weighted by atomic mass is 19.4. The monoisotopic (exact) mass is 153 g/mol. The molecular weight excluding hydrogens is 147 g/mol. The number of amides is 1. The van der Waals surface area contributed by atoms with Gasteiger partial charge in [-0.25, -0.2) is 0 Å². The molecule has 58 valence electrons. The van der Waals surface area contributed by atoms with Gasteiger partial charge in [0.15, 0.2) is 0 Å². The second-order valence-electron chi connectivity index (χ2n) is 1.54. The molecule has 0 aliphatic carbocycles. The molecule has 5 heteroatoms. The topological polar surface area (TPSA) is 29.1 Å². The number of halogens is 3. The van der Waals surface area contributed by atoms with Crippen LogP contribution in [0.15, 0.2) is 12.7 Å². The first-order chi connectivity index (χ1) is 4.45. The quantitative estimate of drug-likeness (QED) is 0.585. The highest BCUT2D eigenvalue weighted by Gasteiger charge is 2.26. The third-order valence-corrected chi connectivity index (χ3v) is 0.648. The first kappa shape index (κ1) is 9.00. The summed E-state index contributed by atoms with van der Waals surface area (Å²) in [6.07, 6.45) is -3.57. The summed E-state index contributed by atoms with van der Waals surface area (Å²) in [5.41, 5.74) is 0. The molecule has 0 aliphatic heterocycles. The Morgan fingerprint density at radius 2 is 2.10 bits per heavy atom. The van der Waals surface area contributed by atoms with E-state index < -0.39 is 18.6 Å².